The van der Waals surface area contributed by atoms with Crippen molar-refractivity contribution in [1.82, 2.24) is 9.80 Å². The van der Waals surface area contributed by atoms with Crippen molar-refractivity contribution in [3.8, 4) is 5.75 Å². The Balaban J connectivity index is 1.51. The first kappa shape index (κ1) is 16.3. The van der Waals surface area contributed by atoms with E-state index >= 15 is 0 Å². The van der Waals surface area contributed by atoms with Crippen LogP contribution in [0, 0.1) is 0 Å². The molecule has 4 rings (SSSR count). The molecule has 2 aromatic carbocycles. The van der Waals surface area contributed by atoms with Crippen LogP contribution in [0.1, 0.15) is 27.9 Å². The van der Waals surface area contributed by atoms with E-state index in [-0.39, 0.29) is 30.7 Å². The molecule has 2 aliphatic rings. The van der Waals surface area contributed by atoms with Crippen molar-refractivity contribution < 1.29 is 19.1 Å². The van der Waals surface area contributed by atoms with Crippen molar-refractivity contribution in [2.75, 3.05) is 7.11 Å². The molecule has 1 unspecified atom stereocenters. The Morgan fingerprint density at radius 3 is 2.46 bits per heavy atom. The molecule has 0 aliphatic carbocycles. The Kier molecular flexibility index (Phi) is 3.95. The summed E-state index contributed by atoms with van der Waals surface area (Å²) in [6.45, 7) is 0.572. The molecule has 26 heavy (non-hydrogen) atoms. The molecule has 132 valence electrons. The second-order valence-corrected chi connectivity index (χ2v) is 6.48. The number of fused-ring (bicyclic) bond motifs is 1. The van der Waals surface area contributed by atoms with Crippen molar-refractivity contribution >= 4 is 17.7 Å². The highest BCUT2D eigenvalue weighted by Gasteiger charge is 2.45. The number of amides is 3. The van der Waals surface area contributed by atoms with Gasteiger partial charge in [0.25, 0.3) is 11.8 Å². The molecule has 0 radical (unpaired) electrons. The third-order valence-corrected chi connectivity index (χ3v) is 4.95. The van der Waals surface area contributed by atoms with Crippen LogP contribution in [0.15, 0.2) is 48.5 Å². The third kappa shape index (κ3) is 2.63. The molecular formula is C20H18N2O4. The summed E-state index contributed by atoms with van der Waals surface area (Å²) in [5.41, 5.74) is 2.34. The number of benzene rings is 2. The molecule has 0 aromatic heterocycles. The summed E-state index contributed by atoms with van der Waals surface area (Å²) in [7, 11) is 1.58. The van der Waals surface area contributed by atoms with Gasteiger partial charge in [-0.15, -0.1) is 0 Å². The Labute approximate surface area is 151 Å². The SMILES string of the molecule is COc1ccc(CN2C(=O)CC(N3Cc4ccccc4C3=O)C2=O)cc1. The van der Waals surface area contributed by atoms with E-state index in [1.165, 1.54) is 9.80 Å². The second-order valence-electron chi connectivity index (χ2n) is 6.48. The highest BCUT2D eigenvalue weighted by Crippen LogP contribution is 2.30. The number of hydrogen-bond acceptors (Lipinski definition) is 4. The maximum absolute atomic E-state index is 12.8. The van der Waals surface area contributed by atoms with Crippen molar-refractivity contribution in [2.45, 2.75) is 25.6 Å². The predicted octanol–water partition coefficient (Wildman–Crippen LogP) is 1.98. The van der Waals surface area contributed by atoms with Gasteiger partial charge in [0.2, 0.25) is 5.91 Å². The summed E-state index contributed by atoms with van der Waals surface area (Å²) >= 11 is 0. The standard InChI is InChI=1S/C20H18N2O4/c1-26-15-8-6-13(7-9-15)11-22-18(23)10-17(20(22)25)21-12-14-4-2-3-5-16(14)19(21)24/h2-9,17H,10-12H2,1H3. The maximum Gasteiger partial charge on any atom is 0.255 e. The lowest BCUT2D eigenvalue weighted by Gasteiger charge is -2.22. The minimum atomic E-state index is -0.722. The van der Waals surface area contributed by atoms with Gasteiger partial charge in [0.15, 0.2) is 0 Å². The molecule has 1 atom stereocenters. The lowest BCUT2D eigenvalue weighted by atomic mass is 10.1. The molecule has 0 N–H and O–H groups in total. The van der Waals surface area contributed by atoms with Gasteiger partial charge in [-0.2, -0.15) is 0 Å². The van der Waals surface area contributed by atoms with Crippen LogP contribution in [-0.2, 0) is 22.7 Å². The van der Waals surface area contributed by atoms with Crippen LogP contribution in [0.4, 0.5) is 0 Å². The highest BCUT2D eigenvalue weighted by molar-refractivity contribution is 6.09. The number of ether oxygens (including phenoxy) is 1. The zero-order valence-corrected chi connectivity index (χ0v) is 14.3. The molecule has 6 heteroatoms. The largest absolute Gasteiger partial charge is 0.497 e. The van der Waals surface area contributed by atoms with Gasteiger partial charge < -0.3 is 9.64 Å². The number of likely N-dealkylation sites (tertiary alicyclic amines) is 1. The van der Waals surface area contributed by atoms with Crippen molar-refractivity contribution in [3.63, 3.8) is 0 Å². The van der Waals surface area contributed by atoms with Gasteiger partial charge in [0, 0.05) is 12.1 Å². The molecule has 3 amide bonds. The van der Waals surface area contributed by atoms with Gasteiger partial charge in [-0.05, 0) is 29.3 Å². The first-order valence-corrected chi connectivity index (χ1v) is 8.44. The van der Waals surface area contributed by atoms with E-state index in [2.05, 4.69) is 0 Å². The lowest BCUT2D eigenvalue weighted by molar-refractivity contribution is -0.140. The van der Waals surface area contributed by atoms with Crippen LogP contribution in [0.25, 0.3) is 0 Å². The van der Waals surface area contributed by atoms with Gasteiger partial charge >= 0.3 is 0 Å². The van der Waals surface area contributed by atoms with Crippen molar-refractivity contribution in [1.29, 1.82) is 0 Å². The summed E-state index contributed by atoms with van der Waals surface area (Å²) in [4.78, 5) is 40.6. The zero-order valence-electron chi connectivity index (χ0n) is 14.3. The number of carbonyl (C=O) groups excluding carboxylic acids is 3. The molecule has 2 aromatic rings. The van der Waals surface area contributed by atoms with Crippen LogP contribution in [0.5, 0.6) is 5.75 Å². The number of imide groups is 1. The predicted molar refractivity (Wildman–Crippen MR) is 93.3 cm³/mol. The average Bonchev–Trinajstić information content (AvgIpc) is 3.14. The molecule has 0 saturated carbocycles. The van der Waals surface area contributed by atoms with E-state index in [0.29, 0.717) is 17.9 Å². The molecule has 6 nitrogen and oxygen atoms in total. The van der Waals surface area contributed by atoms with E-state index in [0.717, 1.165) is 11.1 Å². The summed E-state index contributed by atoms with van der Waals surface area (Å²) < 4.78 is 5.12. The van der Waals surface area contributed by atoms with Crippen LogP contribution >= 0.6 is 0 Å². The third-order valence-electron chi connectivity index (χ3n) is 4.95. The fraction of sp³-hybridized carbons (Fsp3) is 0.250. The summed E-state index contributed by atoms with van der Waals surface area (Å²) in [6.07, 6.45) is 0.0364. The second kappa shape index (κ2) is 6.29. The Morgan fingerprint density at radius 2 is 1.77 bits per heavy atom. The highest BCUT2D eigenvalue weighted by atomic mass is 16.5. The van der Waals surface area contributed by atoms with Crippen LogP contribution in [-0.4, -0.2) is 40.7 Å². The lowest BCUT2D eigenvalue weighted by Crippen LogP contribution is -2.42. The summed E-state index contributed by atoms with van der Waals surface area (Å²) in [6, 6.07) is 13.8. The van der Waals surface area contributed by atoms with Gasteiger partial charge in [0.1, 0.15) is 11.8 Å². The van der Waals surface area contributed by atoms with Crippen LogP contribution in [0.2, 0.25) is 0 Å². The minimum absolute atomic E-state index is 0.0364. The van der Waals surface area contributed by atoms with Crippen molar-refractivity contribution in [2.24, 2.45) is 0 Å². The molecule has 0 bridgehead atoms. The fourth-order valence-electron chi connectivity index (χ4n) is 3.52. The van der Waals surface area contributed by atoms with Crippen LogP contribution < -0.4 is 4.74 Å². The van der Waals surface area contributed by atoms with E-state index in [4.69, 9.17) is 4.74 Å². The quantitative estimate of drug-likeness (QED) is 0.791. The first-order valence-electron chi connectivity index (χ1n) is 8.44. The Morgan fingerprint density at radius 1 is 1.04 bits per heavy atom. The number of nitrogens with zero attached hydrogens (tertiary/aromatic N) is 2. The molecular weight excluding hydrogens is 332 g/mol. The first-order chi connectivity index (χ1) is 12.6. The molecule has 2 heterocycles. The number of rotatable bonds is 4. The number of carbonyl (C=O) groups is 3. The molecule has 1 saturated heterocycles. The maximum atomic E-state index is 12.8. The molecule has 1 fully saturated rings. The molecule has 0 spiro atoms. The van der Waals surface area contributed by atoms with E-state index in [9.17, 15) is 14.4 Å². The Hall–Kier alpha value is -3.15. The average molecular weight is 350 g/mol. The van der Waals surface area contributed by atoms with E-state index in [1.807, 2.05) is 24.3 Å². The number of hydrogen-bond donors (Lipinski definition) is 0. The Bertz CT molecular complexity index is 891. The van der Waals surface area contributed by atoms with Gasteiger partial charge in [-0.1, -0.05) is 30.3 Å². The zero-order chi connectivity index (χ0) is 18.3. The summed E-state index contributed by atoms with van der Waals surface area (Å²) in [5.74, 6) is -0.0317. The van der Waals surface area contributed by atoms with E-state index < -0.39 is 6.04 Å². The van der Waals surface area contributed by atoms with E-state index in [1.54, 1.807) is 31.4 Å². The normalized spacial score (nSPS) is 19.3. The summed E-state index contributed by atoms with van der Waals surface area (Å²) in [5, 5.41) is 0. The topological polar surface area (TPSA) is 66.9 Å². The van der Waals surface area contributed by atoms with Gasteiger partial charge in [-0.25, -0.2) is 0 Å². The molecule has 2 aliphatic heterocycles. The van der Waals surface area contributed by atoms with Crippen molar-refractivity contribution in [3.05, 3.63) is 65.2 Å². The fourth-order valence-corrected chi connectivity index (χ4v) is 3.52. The van der Waals surface area contributed by atoms with Gasteiger partial charge in [0.05, 0.1) is 20.1 Å². The monoisotopic (exact) mass is 350 g/mol. The number of methoxy groups -OCH3 is 1. The van der Waals surface area contributed by atoms with Gasteiger partial charge in [-0.3, -0.25) is 19.3 Å². The van der Waals surface area contributed by atoms with Crippen LogP contribution in [0.3, 0.4) is 0 Å². The smallest absolute Gasteiger partial charge is 0.255 e. The minimum Gasteiger partial charge on any atom is -0.497 e.